The Hall–Kier alpha value is -2.17. The smallest absolute Gasteiger partial charge is 0.326 e. The Labute approximate surface area is 142 Å². The Morgan fingerprint density at radius 2 is 2.00 bits per heavy atom. The van der Waals surface area contributed by atoms with Crippen LogP contribution in [0.25, 0.3) is 0 Å². The lowest BCUT2D eigenvalue weighted by Gasteiger charge is -2.28. The fourth-order valence-electron chi connectivity index (χ4n) is 3.24. The predicted molar refractivity (Wildman–Crippen MR) is 90.8 cm³/mol. The molecule has 1 fully saturated rings. The lowest BCUT2D eigenvalue weighted by molar-refractivity contribution is -0.150. The second kappa shape index (κ2) is 7.60. The molecule has 0 bridgehead atoms. The van der Waals surface area contributed by atoms with Crippen LogP contribution in [0.15, 0.2) is 24.3 Å². The molecule has 130 valence electrons. The van der Waals surface area contributed by atoms with E-state index in [1.165, 1.54) is 4.90 Å². The van der Waals surface area contributed by atoms with Crippen LogP contribution in [0.1, 0.15) is 49.0 Å². The molecule has 2 atom stereocenters. The highest BCUT2D eigenvalue weighted by molar-refractivity contribution is 5.99. The zero-order valence-corrected chi connectivity index (χ0v) is 14.5. The third-order valence-electron chi connectivity index (χ3n) is 4.69. The Morgan fingerprint density at radius 3 is 2.58 bits per heavy atom. The minimum atomic E-state index is -0.964. The number of rotatable bonds is 6. The molecule has 0 aromatic heterocycles. The van der Waals surface area contributed by atoms with E-state index in [2.05, 4.69) is 0 Å². The van der Waals surface area contributed by atoms with Crippen LogP contribution in [0.2, 0.25) is 0 Å². The molecule has 1 aromatic carbocycles. The van der Waals surface area contributed by atoms with E-state index in [1.54, 1.807) is 6.07 Å². The van der Waals surface area contributed by atoms with Gasteiger partial charge in [0.25, 0.3) is 0 Å². The van der Waals surface area contributed by atoms with E-state index in [0.29, 0.717) is 24.9 Å². The molecule has 0 saturated carbocycles. The molecule has 2 rings (SSSR count). The molecule has 1 heterocycles. The lowest BCUT2D eigenvalue weighted by atomic mass is 9.87. The summed E-state index contributed by atoms with van der Waals surface area (Å²) in [5, 5.41) is 9.28. The van der Waals surface area contributed by atoms with Crippen LogP contribution in [-0.4, -0.2) is 40.3 Å². The van der Waals surface area contributed by atoms with Gasteiger partial charge in [-0.1, -0.05) is 37.6 Å². The van der Waals surface area contributed by atoms with E-state index in [-0.39, 0.29) is 24.0 Å². The minimum Gasteiger partial charge on any atom is -0.480 e. The number of carbonyl (C=O) groups excluding carboxylic acids is 2. The van der Waals surface area contributed by atoms with Gasteiger partial charge in [0.1, 0.15) is 6.04 Å². The van der Waals surface area contributed by atoms with Gasteiger partial charge in [-0.2, -0.15) is 0 Å². The van der Waals surface area contributed by atoms with Gasteiger partial charge in [-0.3, -0.25) is 9.59 Å². The van der Waals surface area contributed by atoms with Crippen molar-refractivity contribution in [2.24, 2.45) is 11.8 Å². The average molecular weight is 331 g/mol. The number of nitrogens with zero attached hydrogens (tertiary/aromatic N) is 1. The molecule has 1 aliphatic rings. The number of benzene rings is 1. The summed E-state index contributed by atoms with van der Waals surface area (Å²) < 4.78 is 0. The summed E-state index contributed by atoms with van der Waals surface area (Å²) in [6.07, 6.45) is 1.29. The second-order valence-corrected chi connectivity index (χ2v) is 6.88. The maximum absolute atomic E-state index is 12.8. The Bertz CT molecular complexity index is 638. The van der Waals surface area contributed by atoms with Crippen molar-refractivity contribution in [3.05, 3.63) is 35.4 Å². The molecule has 5 nitrogen and oxygen atoms in total. The molecular formula is C19H25NO4. The maximum Gasteiger partial charge on any atom is 0.326 e. The first-order chi connectivity index (χ1) is 11.3. The largest absolute Gasteiger partial charge is 0.480 e. The van der Waals surface area contributed by atoms with Gasteiger partial charge in [-0.15, -0.1) is 0 Å². The molecule has 1 saturated heterocycles. The third-order valence-corrected chi connectivity index (χ3v) is 4.69. The van der Waals surface area contributed by atoms with Crippen LogP contribution < -0.4 is 0 Å². The number of hydrogen-bond acceptors (Lipinski definition) is 3. The predicted octanol–water partition coefficient (Wildman–Crippen LogP) is 2.92. The number of aryl methyl sites for hydroxylation is 1. The van der Waals surface area contributed by atoms with Crippen molar-refractivity contribution in [3.8, 4) is 0 Å². The van der Waals surface area contributed by atoms with Crippen LogP contribution >= 0.6 is 0 Å². The Kier molecular flexibility index (Phi) is 5.75. The van der Waals surface area contributed by atoms with Crippen LogP contribution in [0.5, 0.6) is 0 Å². The topological polar surface area (TPSA) is 74.7 Å². The number of carboxylic acid groups (broad SMARTS) is 1. The Balaban J connectivity index is 2.15. The molecule has 24 heavy (non-hydrogen) atoms. The van der Waals surface area contributed by atoms with Gasteiger partial charge in [-0.25, -0.2) is 4.79 Å². The number of amides is 1. The first-order valence-corrected chi connectivity index (χ1v) is 8.44. The van der Waals surface area contributed by atoms with Crippen LogP contribution in [0, 0.1) is 18.8 Å². The first-order valence-electron chi connectivity index (χ1n) is 8.44. The first kappa shape index (κ1) is 18.2. The standard InChI is InChI=1S/C19H25NO4/c1-12(2)15(11-17(21)14-7-4-6-13(3)10-14)18(22)20-9-5-8-16(20)19(23)24/h4,6-7,10,12,15-16H,5,8-9,11H2,1-3H3,(H,23,24)/t15-,16-/m0/s1. The van der Waals surface area contributed by atoms with Crippen LogP contribution in [-0.2, 0) is 9.59 Å². The molecule has 0 unspecified atom stereocenters. The summed E-state index contributed by atoms with van der Waals surface area (Å²) in [6.45, 7) is 6.18. The average Bonchev–Trinajstić information content (AvgIpc) is 3.01. The van der Waals surface area contributed by atoms with E-state index in [4.69, 9.17) is 0 Å². The molecule has 1 aromatic rings. The maximum atomic E-state index is 12.8. The molecule has 5 heteroatoms. The fourth-order valence-corrected chi connectivity index (χ4v) is 3.24. The summed E-state index contributed by atoms with van der Waals surface area (Å²) in [7, 11) is 0. The summed E-state index contributed by atoms with van der Waals surface area (Å²) in [5.41, 5.74) is 1.60. The normalized spacial score (nSPS) is 18.7. The number of aliphatic carboxylic acids is 1. The van der Waals surface area contributed by atoms with E-state index in [0.717, 1.165) is 5.56 Å². The quantitative estimate of drug-likeness (QED) is 0.813. The van der Waals surface area contributed by atoms with Crippen molar-refractivity contribution in [1.82, 2.24) is 4.90 Å². The van der Waals surface area contributed by atoms with E-state index >= 15 is 0 Å². The number of likely N-dealkylation sites (tertiary alicyclic amines) is 1. The molecule has 1 amide bonds. The summed E-state index contributed by atoms with van der Waals surface area (Å²) in [5.74, 6) is -1.76. The highest BCUT2D eigenvalue weighted by Gasteiger charge is 2.38. The fraction of sp³-hybridized carbons (Fsp3) is 0.526. The third kappa shape index (κ3) is 4.02. The summed E-state index contributed by atoms with van der Waals surface area (Å²) in [6, 6.07) is 6.57. The summed E-state index contributed by atoms with van der Waals surface area (Å²) in [4.78, 5) is 38.2. The second-order valence-electron chi connectivity index (χ2n) is 6.88. The van der Waals surface area contributed by atoms with Crippen molar-refractivity contribution >= 4 is 17.7 Å². The van der Waals surface area contributed by atoms with Gasteiger partial charge in [-0.05, 0) is 31.7 Å². The van der Waals surface area contributed by atoms with Crippen molar-refractivity contribution in [2.75, 3.05) is 6.54 Å². The zero-order chi connectivity index (χ0) is 17.9. The molecule has 1 aliphatic heterocycles. The van der Waals surface area contributed by atoms with Crippen molar-refractivity contribution in [2.45, 2.75) is 46.1 Å². The molecular weight excluding hydrogens is 306 g/mol. The lowest BCUT2D eigenvalue weighted by Crippen LogP contribution is -2.45. The highest BCUT2D eigenvalue weighted by atomic mass is 16.4. The highest BCUT2D eigenvalue weighted by Crippen LogP contribution is 2.26. The van der Waals surface area contributed by atoms with E-state index in [9.17, 15) is 19.5 Å². The van der Waals surface area contributed by atoms with Gasteiger partial charge < -0.3 is 10.0 Å². The Morgan fingerprint density at radius 1 is 1.29 bits per heavy atom. The zero-order valence-electron chi connectivity index (χ0n) is 14.5. The van der Waals surface area contributed by atoms with E-state index < -0.39 is 17.9 Å². The van der Waals surface area contributed by atoms with Gasteiger partial charge in [0.2, 0.25) is 5.91 Å². The van der Waals surface area contributed by atoms with Crippen molar-refractivity contribution in [1.29, 1.82) is 0 Å². The monoisotopic (exact) mass is 331 g/mol. The van der Waals surface area contributed by atoms with E-state index in [1.807, 2.05) is 39.0 Å². The number of ketones is 1. The SMILES string of the molecule is Cc1cccc(C(=O)C[C@H](C(=O)N2CCC[C@H]2C(=O)O)C(C)C)c1. The van der Waals surface area contributed by atoms with Gasteiger partial charge in [0.15, 0.2) is 5.78 Å². The molecule has 0 aliphatic carbocycles. The van der Waals surface area contributed by atoms with Crippen molar-refractivity contribution in [3.63, 3.8) is 0 Å². The minimum absolute atomic E-state index is 0.0266. The van der Waals surface area contributed by atoms with Gasteiger partial charge in [0, 0.05) is 24.4 Å². The molecule has 0 radical (unpaired) electrons. The van der Waals surface area contributed by atoms with Gasteiger partial charge >= 0.3 is 5.97 Å². The number of carbonyl (C=O) groups is 3. The molecule has 0 spiro atoms. The van der Waals surface area contributed by atoms with Crippen LogP contribution in [0.4, 0.5) is 0 Å². The number of hydrogen-bond donors (Lipinski definition) is 1. The number of carboxylic acids is 1. The van der Waals surface area contributed by atoms with Crippen LogP contribution in [0.3, 0.4) is 0 Å². The summed E-state index contributed by atoms with van der Waals surface area (Å²) >= 11 is 0. The number of Topliss-reactive ketones (excluding diaryl/α,β-unsaturated/α-hetero) is 1. The van der Waals surface area contributed by atoms with Gasteiger partial charge in [0.05, 0.1) is 0 Å². The van der Waals surface area contributed by atoms with Crippen molar-refractivity contribution < 1.29 is 19.5 Å². The molecule has 1 N–H and O–H groups in total.